The van der Waals surface area contributed by atoms with E-state index in [1.807, 2.05) is 45.0 Å². The minimum atomic E-state index is -0.611. The van der Waals surface area contributed by atoms with Gasteiger partial charge in [0.05, 0.1) is 25.0 Å². The third-order valence-corrected chi connectivity index (χ3v) is 4.89. The van der Waals surface area contributed by atoms with Crippen LogP contribution in [0, 0.1) is 5.92 Å². The summed E-state index contributed by atoms with van der Waals surface area (Å²) >= 11 is 1.45. The first-order valence-electron chi connectivity index (χ1n) is 9.05. The Morgan fingerprint density at radius 1 is 1.19 bits per heavy atom. The van der Waals surface area contributed by atoms with E-state index in [2.05, 4.69) is 0 Å². The van der Waals surface area contributed by atoms with Crippen LogP contribution in [0.1, 0.15) is 46.1 Å². The van der Waals surface area contributed by atoms with Crippen molar-refractivity contribution in [3.63, 3.8) is 0 Å². The van der Waals surface area contributed by atoms with Crippen LogP contribution in [0.3, 0.4) is 0 Å². The zero-order chi connectivity index (χ0) is 20.4. The van der Waals surface area contributed by atoms with Gasteiger partial charge >= 0.3 is 11.9 Å². The summed E-state index contributed by atoms with van der Waals surface area (Å²) in [4.78, 5) is 24.3. The van der Waals surface area contributed by atoms with Crippen LogP contribution in [0.4, 0.5) is 0 Å². The van der Waals surface area contributed by atoms with Crippen LogP contribution in [-0.2, 0) is 24.8 Å². The molecule has 0 aliphatic rings. The van der Waals surface area contributed by atoms with Crippen LogP contribution in [0.15, 0.2) is 24.3 Å². The predicted octanol–water partition coefficient (Wildman–Crippen LogP) is 3.51. The summed E-state index contributed by atoms with van der Waals surface area (Å²) in [6, 6.07) is 7.68. The maximum atomic E-state index is 12.6. The van der Waals surface area contributed by atoms with Crippen molar-refractivity contribution in [1.29, 1.82) is 0 Å². The molecule has 2 unspecified atom stereocenters. The molecule has 6 nitrogen and oxygen atoms in total. The van der Waals surface area contributed by atoms with Crippen molar-refractivity contribution in [3.8, 4) is 5.75 Å². The monoisotopic (exact) mass is 397 g/mol. The number of methoxy groups -OCH3 is 1. The van der Waals surface area contributed by atoms with E-state index in [9.17, 15) is 9.59 Å². The minimum Gasteiger partial charge on any atom is -0.497 e. The summed E-state index contributed by atoms with van der Waals surface area (Å²) in [6.45, 7) is 7.49. The Morgan fingerprint density at radius 3 is 2.33 bits per heavy atom. The first-order valence-corrected chi connectivity index (χ1v) is 10.1. The Morgan fingerprint density at radius 2 is 1.81 bits per heavy atom. The summed E-state index contributed by atoms with van der Waals surface area (Å²) in [6.07, 6.45) is 0.430. The Bertz CT molecular complexity index is 597. The smallest absolute Gasteiger partial charge is 0.311 e. The molecule has 2 N–H and O–H groups in total. The number of hydrogen-bond acceptors (Lipinski definition) is 7. The molecule has 0 saturated carbocycles. The topological polar surface area (TPSA) is 87.9 Å². The van der Waals surface area contributed by atoms with E-state index in [0.717, 1.165) is 11.3 Å². The largest absolute Gasteiger partial charge is 0.497 e. The van der Waals surface area contributed by atoms with Gasteiger partial charge in [-0.05, 0) is 51.8 Å². The zero-order valence-corrected chi connectivity index (χ0v) is 17.6. The molecule has 0 amide bonds. The average Bonchev–Trinajstić information content (AvgIpc) is 2.59. The summed E-state index contributed by atoms with van der Waals surface area (Å²) in [5.41, 5.74) is 6.75. The molecular weight excluding hydrogens is 366 g/mol. The molecule has 0 aromatic heterocycles. The average molecular weight is 398 g/mol. The fourth-order valence-corrected chi connectivity index (χ4v) is 3.39. The van der Waals surface area contributed by atoms with Gasteiger partial charge in [-0.2, -0.15) is 0 Å². The van der Waals surface area contributed by atoms with Crippen molar-refractivity contribution in [2.75, 3.05) is 13.7 Å². The lowest BCUT2D eigenvalue weighted by Crippen LogP contribution is -2.38. The quantitative estimate of drug-likeness (QED) is 0.477. The van der Waals surface area contributed by atoms with Gasteiger partial charge in [0.2, 0.25) is 0 Å². The van der Waals surface area contributed by atoms with Gasteiger partial charge in [-0.3, -0.25) is 9.59 Å². The number of carbonyl (C=O) groups is 2. The zero-order valence-electron chi connectivity index (χ0n) is 16.8. The lowest BCUT2D eigenvalue weighted by Gasteiger charge is -2.27. The van der Waals surface area contributed by atoms with Crippen molar-refractivity contribution >= 4 is 23.7 Å². The molecule has 2 atom stereocenters. The second-order valence-corrected chi connectivity index (χ2v) is 8.27. The maximum Gasteiger partial charge on any atom is 0.311 e. The van der Waals surface area contributed by atoms with Gasteiger partial charge in [0.25, 0.3) is 0 Å². The highest BCUT2D eigenvalue weighted by Crippen LogP contribution is 2.27. The van der Waals surface area contributed by atoms with E-state index in [-0.39, 0.29) is 18.4 Å². The maximum absolute atomic E-state index is 12.6. The minimum absolute atomic E-state index is 0.133. The standard InChI is InChI=1S/C20H31NO5S/c1-6-25-17(22)12-11-16(19(23)26-20(2,3)4)18(21)27-13-14-7-9-15(24-5)10-8-14/h7-10,16,18H,6,11-13,21H2,1-5H3. The first-order chi connectivity index (χ1) is 12.7. The van der Waals surface area contributed by atoms with E-state index in [4.69, 9.17) is 19.9 Å². The third-order valence-electron chi connectivity index (χ3n) is 3.67. The molecule has 1 rings (SSSR count). The van der Waals surface area contributed by atoms with E-state index in [1.165, 1.54) is 11.8 Å². The van der Waals surface area contributed by atoms with E-state index >= 15 is 0 Å². The SMILES string of the molecule is CCOC(=O)CCC(C(=O)OC(C)(C)C)C(N)SCc1ccc(OC)cc1. The molecule has 1 aromatic rings. The van der Waals surface area contributed by atoms with Gasteiger partial charge < -0.3 is 19.9 Å². The predicted molar refractivity (Wildman–Crippen MR) is 107 cm³/mol. The van der Waals surface area contributed by atoms with Crippen LogP contribution < -0.4 is 10.5 Å². The van der Waals surface area contributed by atoms with Crippen molar-refractivity contribution in [1.82, 2.24) is 0 Å². The van der Waals surface area contributed by atoms with Gasteiger partial charge in [-0.25, -0.2) is 0 Å². The fraction of sp³-hybridized carbons (Fsp3) is 0.600. The molecule has 152 valence electrons. The highest BCUT2D eigenvalue weighted by Gasteiger charge is 2.31. The van der Waals surface area contributed by atoms with E-state index < -0.39 is 16.9 Å². The molecule has 0 heterocycles. The fourth-order valence-electron chi connectivity index (χ4n) is 2.33. The van der Waals surface area contributed by atoms with E-state index in [0.29, 0.717) is 18.8 Å². The van der Waals surface area contributed by atoms with Crippen molar-refractivity contribution in [2.24, 2.45) is 11.7 Å². The molecule has 0 aliphatic carbocycles. The Hall–Kier alpha value is -1.73. The van der Waals surface area contributed by atoms with Gasteiger partial charge in [0.1, 0.15) is 11.4 Å². The molecule has 0 fully saturated rings. The molecule has 0 spiro atoms. The second-order valence-electron chi connectivity index (χ2n) is 7.11. The second kappa shape index (κ2) is 11.2. The van der Waals surface area contributed by atoms with Crippen LogP contribution >= 0.6 is 11.8 Å². The molecular formula is C20H31NO5S. The van der Waals surface area contributed by atoms with Crippen LogP contribution in [-0.4, -0.2) is 36.6 Å². The van der Waals surface area contributed by atoms with Crippen molar-refractivity contribution in [2.45, 2.75) is 57.3 Å². The molecule has 27 heavy (non-hydrogen) atoms. The van der Waals surface area contributed by atoms with E-state index in [1.54, 1.807) is 14.0 Å². The number of thioether (sulfide) groups is 1. The summed E-state index contributed by atoms with van der Waals surface area (Å²) < 4.78 is 15.6. The summed E-state index contributed by atoms with van der Waals surface area (Å²) in [5, 5.41) is -0.489. The number of ether oxygens (including phenoxy) is 3. The third kappa shape index (κ3) is 9.15. The number of carbonyl (C=O) groups excluding carboxylic acids is 2. The lowest BCUT2D eigenvalue weighted by atomic mass is 10.0. The Labute approximate surface area is 166 Å². The number of esters is 2. The Balaban J connectivity index is 2.72. The van der Waals surface area contributed by atoms with Crippen LogP contribution in [0.2, 0.25) is 0 Å². The molecule has 7 heteroatoms. The lowest BCUT2D eigenvalue weighted by molar-refractivity contribution is -0.160. The summed E-state index contributed by atoms with van der Waals surface area (Å²) in [5.74, 6) is 0.120. The number of benzene rings is 1. The molecule has 1 aromatic carbocycles. The highest BCUT2D eigenvalue weighted by atomic mass is 32.2. The van der Waals surface area contributed by atoms with Gasteiger partial charge in [-0.1, -0.05) is 12.1 Å². The highest BCUT2D eigenvalue weighted by molar-refractivity contribution is 7.99. The number of rotatable bonds is 10. The molecule has 0 aliphatic heterocycles. The first kappa shape index (κ1) is 23.3. The van der Waals surface area contributed by atoms with Crippen molar-refractivity contribution < 1.29 is 23.8 Å². The molecule has 0 bridgehead atoms. The molecule has 0 radical (unpaired) electrons. The van der Waals surface area contributed by atoms with Crippen LogP contribution in [0.25, 0.3) is 0 Å². The van der Waals surface area contributed by atoms with Crippen molar-refractivity contribution in [3.05, 3.63) is 29.8 Å². The summed E-state index contributed by atoms with van der Waals surface area (Å²) in [7, 11) is 1.62. The van der Waals surface area contributed by atoms with Gasteiger partial charge in [0, 0.05) is 12.2 Å². The number of nitrogens with two attached hydrogens (primary N) is 1. The Kier molecular flexibility index (Phi) is 9.66. The molecule has 0 saturated heterocycles. The normalized spacial score (nSPS) is 13.6. The van der Waals surface area contributed by atoms with Crippen LogP contribution in [0.5, 0.6) is 5.75 Å². The van der Waals surface area contributed by atoms with Gasteiger partial charge in [0.15, 0.2) is 0 Å². The number of hydrogen-bond donors (Lipinski definition) is 1. The van der Waals surface area contributed by atoms with Gasteiger partial charge in [-0.15, -0.1) is 11.8 Å².